The number of aryl methyl sites for hydroxylation is 1. The molecule has 1 heterocycles. The highest BCUT2D eigenvalue weighted by Crippen LogP contribution is 2.43. The first-order chi connectivity index (χ1) is 21.9. The average Bonchev–Trinajstić information content (AvgIpc) is 3.17. The third-order valence-electron chi connectivity index (χ3n) is 8.79. The van der Waals surface area contributed by atoms with Gasteiger partial charge in [0.15, 0.2) is 0 Å². The van der Waals surface area contributed by atoms with Crippen LogP contribution >= 0.6 is 23.5 Å². The summed E-state index contributed by atoms with van der Waals surface area (Å²) in [4.78, 5) is 30.8. The van der Waals surface area contributed by atoms with E-state index in [2.05, 4.69) is 47.9 Å². The van der Waals surface area contributed by atoms with Crippen LogP contribution in [0.25, 0.3) is 0 Å². The lowest BCUT2D eigenvalue weighted by atomic mass is 9.71. The van der Waals surface area contributed by atoms with Crippen LogP contribution in [0.4, 0.5) is 10.5 Å². The van der Waals surface area contributed by atoms with Crippen molar-refractivity contribution < 1.29 is 19.1 Å². The molecule has 0 saturated heterocycles. The summed E-state index contributed by atoms with van der Waals surface area (Å²) in [6, 6.07) is 11.6. The van der Waals surface area contributed by atoms with Crippen molar-refractivity contribution in [2.75, 3.05) is 31.1 Å². The molecule has 1 fully saturated rings. The van der Waals surface area contributed by atoms with Crippen molar-refractivity contribution in [2.45, 2.75) is 89.2 Å². The van der Waals surface area contributed by atoms with Gasteiger partial charge in [-0.25, -0.2) is 4.79 Å². The number of allylic oxidation sites excluding steroid dienone is 1. The number of carbonyl (C=O) groups is 2. The number of hydrogen-bond acceptors (Lipinski definition) is 6. The molecule has 1 unspecified atom stereocenters. The van der Waals surface area contributed by atoms with Crippen LogP contribution in [0, 0.1) is 11.8 Å². The van der Waals surface area contributed by atoms with Gasteiger partial charge in [-0.1, -0.05) is 43.2 Å². The number of benzene rings is 2. The average molecular weight is 668 g/mol. The molecule has 250 valence electrons. The number of nitrogens with one attached hydrogen (secondary N) is 1. The first-order valence-corrected chi connectivity index (χ1v) is 17.6. The van der Waals surface area contributed by atoms with Gasteiger partial charge < -0.3 is 14.4 Å². The van der Waals surface area contributed by atoms with Gasteiger partial charge >= 0.3 is 6.09 Å². The molecule has 0 aromatic heterocycles. The van der Waals surface area contributed by atoms with Crippen molar-refractivity contribution in [2.24, 2.45) is 11.8 Å². The highest BCUT2D eigenvalue weighted by molar-refractivity contribution is 7.98. The highest BCUT2D eigenvalue weighted by atomic mass is 35.5. The predicted octanol–water partition coefficient (Wildman–Crippen LogP) is 8.81. The number of halogens is 1. The summed E-state index contributed by atoms with van der Waals surface area (Å²) in [5, 5.41) is 0.764. The zero-order valence-corrected chi connectivity index (χ0v) is 29.6. The van der Waals surface area contributed by atoms with Crippen molar-refractivity contribution in [3.8, 4) is 5.75 Å². The van der Waals surface area contributed by atoms with Crippen molar-refractivity contribution in [1.29, 1.82) is 0 Å². The number of amides is 2. The van der Waals surface area contributed by atoms with Crippen LogP contribution in [-0.4, -0.2) is 54.8 Å². The normalized spacial score (nSPS) is 19.9. The Hall–Kier alpha value is -3.10. The lowest BCUT2D eigenvalue weighted by Gasteiger charge is -2.41. The summed E-state index contributed by atoms with van der Waals surface area (Å²) in [6.45, 7) is 19.6. The Morgan fingerprint density at radius 1 is 1.17 bits per heavy atom. The highest BCUT2D eigenvalue weighted by Gasteiger charge is 2.35. The van der Waals surface area contributed by atoms with E-state index >= 15 is 0 Å². The number of fused-ring (bicyclic) bond motifs is 1. The standard InChI is InChI=1S/C37H50ClN3O4S/c1-8-11-26-13-14-28(26)22-40-23-29(32-17-15-30(38)20-27(32)12-9-2)24-44-34-18-16-31(21-33(34)40)46-39-35(42)25(4)41(19-10-3)36(43)45-37(5,6)7/h8,10,15-18,20-21,25-26,28-29H,1,3,9,11-14,19,22-24H2,2,4-7H3,(H,39,42)/t25-,26?,28-,29-/m0/s1. The van der Waals surface area contributed by atoms with Crippen molar-refractivity contribution >= 4 is 41.2 Å². The van der Waals surface area contributed by atoms with E-state index in [1.807, 2.05) is 24.3 Å². The molecule has 2 aromatic rings. The van der Waals surface area contributed by atoms with E-state index < -0.39 is 17.7 Å². The van der Waals surface area contributed by atoms with Crippen LogP contribution in [-0.2, 0) is 16.0 Å². The number of rotatable bonds is 13. The Morgan fingerprint density at radius 2 is 1.93 bits per heavy atom. The monoisotopic (exact) mass is 667 g/mol. The Morgan fingerprint density at radius 3 is 2.59 bits per heavy atom. The van der Waals surface area contributed by atoms with Crippen molar-refractivity contribution in [3.05, 3.63) is 77.9 Å². The summed E-state index contributed by atoms with van der Waals surface area (Å²) in [6.07, 6.45) is 8.58. The van der Waals surface area contributed by atoms with E-state index in [1.54, 1.807) is 33.8 Å². The number of carbonyl (C=O) groups excluding carboxylic acids is 2. The largest absolute Gasteiger partial charge is 0.491 e. The van der Waals surface area contributed by atoms with Crippen LogP contribution in [0.15, 0.2) is 66.6 Å². The summed E-state index contributed by atoms with van der Waals surface area (Å²) >= 11 is 7.66. The van der Waals surface area contributed by atoms with Crippen LogP contribution < -0.4 is 14.4 Å². The van der Waals surface area contributed by atoms with Gasteiger partial charge in [0.25, 0.3) is 5.91 Å². The fourth-order valence-corrected chi connectivity index (χ4v) is 7.12. The Kier molecular flexibility index (Phi) is 12.5. The van der Waals surface area contributed by atoms with Crippen LogP contribution in [0.1, 0.15) is 77.3 Å². The summed E-state index contributed by atoms with van der Waals surface area (Å²) in [5.41, 5.74) is 2.94. The van der Waals surface area contributed by atoms with E-state index in [4.69, 9.17) is 21.1 Å². The predicted molar refractivity (Wildman–Crippen MR) is 190 cm³/mol. The smallest absolute Gasteiger partial charge is 0.411 e. The molecule has 1 aliphatic carbocycles. The topological polar surface area (TPSA) is 71.1 Å². The van der Waals surface area contributed by atoms with Crippen molar-refractivity contribution in [3.63, 3.8) is 0 Å². The second-order valence-electron chi connectivity index (χ2n) is 13.4. The van der Waals surface area contributed by atoms with Gasteiger partial charge in [-0.3, -0.25) is 14.4 Å². The summed E-state index contributed by atoms with van der Waals surface area (Å²) in [5.74, 6) is 1.97. The Balaban J connectivity index is 1.55. The molecule has 2 aromatic carbocycles. The van der Waals surface area contributed by atoms with Gasteiger partial charge in [-0.2, -0.15) is 0 Å². The third-order valence-corrected chi connectivity index (χ3v) is 9.81. The van der Waals surface area contributed by atoms with E-state index in [0.29, 0.717) is 18.4 Å². The summed E-state index contributed by atoms with van der Waals surface area (Å²) < 4.78 is 15.0. The fraction of sp³-hybridized carbons (Fsp3) is 0.514. The molecule has 9 heteroatoms. The van der Waals surface area contributed by atoms with Crippen LogP contribution in [0.3, 0.4) is 0 Å². The lowest BCUT2D eigenvalue weighted by molar-refractivity contribution is -0.123. The zero-order valence-electron chi connectivity index (χ0n) is 28.0. The first-order valence-electron chi connectivity index (χ1n) is 16.4. The fourth-order valence-electron chi connectivity index (χ4n) is 6.23. The molecule has 7 nitrogen and oxygen atoms in total. The van der Waals surface area contributed by atoms with Gasteiger partial charge in [-0.15, -0.1) is 13.2 Å². The second-order valence-corrected chi connectivity index (χ2v) is 14.7. The maximum absolute atomic E-state index is 13.2. The number of nitrogens with zero attached hydrogens (tertiary/aromatic N) is 2. The van der Waals surface area contributed by atoms with Crippen LogP contribution in [0.5, 0.6) is 5.75 Å². The maximum Gasteiger partial charge on any atom is 0.411 e. The molecule has 2 amide bonds. The van der Waals surface area contributed by atoms with E-state index in [9.17, 15) is 9.59 Å². The number of ether oxygens (including phenoxy) is 2. The molecule has 4 rings (SSSR count). The van der Waals surface area contributed by atoms with Gasteiger partial charge in [0.2, 0.25) is 0 Å². The minimum absolute atomic E-state index is 0.185. The van der Waals surface area contributed by atoms with Crippen molar-refractivity contribution in [1.82, 2.24) is 9.62 Å². The van der Waals surface area contributed by atoms with E-state index in [1.165, 1.54) is 40.8 Å². The molecule has 0 spiro atoms. The molecular formula is C37H50ClN3O4S. The molecule has 1 aliphatic heterocycles. The Labute approximate surface area is 284 Å². The van der Waals surface area contributed by atoms with Gasteiger partial charge in [0.1, 0.15) is 17.4 Å². The Bertz CT molecular complexity index is 1390. The third kappa shape index (κ3) is 9.25. The zero-order chi connectivity index (χ0) is 33.4. The molecule has 46 heavy (non-hydrogen) atoms. The molecular weight excluding hydrogens is 618 g/mol. The van der Waals surface area contributed by atoms with Gasteiger partial charge in [-0.05, 0) is 119 Å². The molecule has 2 aliphatic rings. The quantitative estimate of drug-likeness (QED) is 0.170. The first kappa shape index (κ1) is 35.7. The van der Waals surface area contributed by atoms with Gasteiger partial charge in [0.05, 0.1) is 12.3 Å². The lowest BCUT2D eigenvalue weighted by Crippen LogP contribution is -2.48. The molecule has 1 N–H and O–H groups in total. The summed E-state index contributed by atoms with van der Waals surface area (Å²) in [7, 11) is 0. The van der Waals surface area contributed by atoms with Crippen LogP contribution in [0.2, 0.25) is 5.02 Å². The number of hydrogen-bond donors (Lipinski definition) is 1. The SMILES string of the molecule is C=CCC1CC[C@H]1CN1C[C@H](c2ccc(Cl)cc2CCC)COc2ccc(SNC(=O)[C@H](C)N(CC=C)C(=O)OC(C)(C)C)cc21. The second kappa shape index (κ2) is 16.1. The molecule has 4 atom stereocenters. The van der Waals surface area contributed by atoms with E-state index in [-0.39, 0.29) is 18.4 Å². The minimum Gasteiger partial charge on any atom is -0.491 e. The van der Waals surface area contributed by atoms with Gasteiger partial charge in [0, 0.05) is 35.5 Å². The van der Waals surface area contributed by atoms with E-state index in [0.717, 1.165) is 53.7 Å². The molecule has 0 radical (unpaired) electrons. The molecule has 1 saturated carbocycles. The minimum atomic E-state index is -0.751. The number of anilines is 1. The maximum atomic E-state index is 13.2. The molecule has 0 bridgehead atoms.